The van der Waals surface area contributed by atoms with Gasteiger partial charge in [-0.15, -0.1) is 0 Å². The van der Waals surface area contributed by atoms with Crippen LogP contribution in [0.3, 0.4) is 0 Å². The number of hydrogen-bond acceptors (Lipinski definition) is 7. The molecule has 0 radical (unpaired) electrons. The van der Waals surface area contributed by atoms with Gasteiger partial charge in [0, 0.05) is 49.7 Å². The lowest BCUT2D eigenvalue weighted by Gasteiger charge is -2.32. The molecule has 0 saturated carbocycles. The van der Waals surface area contributed by atoms with E-state index < -0.39 is 0 Å². The summed E-state index contributed by atoms with van der Waals surface area (Å²) < 4.78 is 19.1. The maximum absolute atomic E-state index is 13.6. The Labute approximate surface area is 202 Å². The van der Waals surface area contributed by atoms with Crippen LogP contribution < -0.4 is 10.2 Å². The monoisotopic (exact) mass is 472 g/mol. The first-order chi connectivity index (χ1) is 17.2. The third-order valence-electron chi connectivity index (χ3n) is 6.13. The molecule has 0 spiro atoms. The quantitative estimate of drug-likeness (QED) is 0.436. The minimum Gasteiger partial charge on any atom is -0.356 e. The number of nitrogens with zero attached hydrogens (tertiary/aromatic N) is 5. The van der Waals surface area contributed by atoms with E-state index in [1.54, 1.807) is 24.5 Å². The molecule has 1 saturated heterocycles. The first kappa shape index (κ1) is 22.6. The zero-order chi connectivity index (χ0) is 24.0. The Kier molecular flexibility index (Phi) is 6.74. The number of aromatic nitrogens is 4. The Morgan fingerprint density at radius 1 is 1.11 bits per heavy atom. The van der Waals surface area contributed by atoms with Gasteiger partial charge in [-0.2, -0.15) is 4.98 Å². The average molecular weight is 473 g/mol. The number of hydrogen-bond donors (Lipinski definition) is 1. The van der Waals surface area contributed by atoms with E-state index in [2.05, 4.69) is 30.3 Å². The van der Waals surface area contributed by atoms with Crippen molar-refractivity contribution in [3.63, 3.8) is 0 Å². The number of carbonyl (C=O) groups excluding carboxylic acids is 1. The Morgan fingerprint density at radius 3 is 2.77 bits per heavy atom. The van der Waals surface area contributed by atoms with Crippen molar-refractivity contribution in [3.05, 3.63) is 78.5 Å². The van der Waals surface area contributed by atoms with Gasteiger partial charge in [-0.25, -0.2) is 9.37 Å². The molecule has 0 aliphatic carbocycles. The van der Waals surface area contributed by atoms with Gasteiger partial charge < -0.3 is 14.7 Å². The van der Waals surface area contributed by atoms with Gasteiger partial charge in [0.2, 0.25) is 11.7 Å². The summed E-state index contributed by atoms with van der Waals surface area (Å²) in [4.78, 5) is 27.9. The number of pyridine rings is 2. The summed E-state index contributed by atoms with van der Waals surface area (Å²) in [7, 11) is 0. The Bertz CT molecular complexity index is 1290. The highest BCUT2D eigenvalue weighted by Gasteiger charge is 2.27. The molecule has 1 aromatic carbocycles. The van der Waals surface area contributed by atoms with Crippen molar-refractivity contribution in [2.45, 2.75) is 19.3 Å². The van der Waals surface area contributed by atoms with Crippen molar-refractivity contribution in [2.75, 3.05) is 24.5 Å². The van der Waals surface area contributed by atoms with E-state index in [9.17, 15) is 9.18 Å². The van der Waals surface area contributed by atoms with Gasteiger partial charge in [0.25, 0.3) is 5.89 Å². The molecule has 1 aliphatic heterocycles. The molecule has 1 fully saturated rings. The van der Waals surface area contributed by atoms with Crippen LogP contribution in [0.2, 0.25) is 0 Å². The molecule has 1 amide bonds. The van der Waals surface area contributed by atoms with Gasteiger partial charge >= 0.3 is 0 Å². The van der Waals surface area contributed by atoms with Gasteiger partial charge in [0.05, 0.1) is 5.56 Å². The molecule has 35 heavy (non-hydrogen) atoms. The molecule has 8 nitrogen and oxygen atoms in total. The maximum atomic E-state index is 13.6. The summed E-state index contributed by atoms with van der Waals surface area (Å²) in [5, 5.41) is 7.07. The Balaban J connectivity index is 1.21. The van der Waals surface area contributed by atoms with Crippen molar-refractivity contribution in [3.8, 4) is 22.8 Å². The van der Waals surface area contributed by atoms with Crippen molar-refractivity contribution in [1.29, 1.82) is 0 Å². The molecule has 178 valence electrons. The molecule has 4 aromatic rings. The summed E-state index contributed by atoms with van der Waals surface area (Å²) in [5.74, 6) is 1.07. The first-order valence-electron chi connectivity index (χ1n) is 11.6. The van der Waals surface area contributed by atoms with Gasteiger partial charge in [0.15, 0.2) is 0 Å². The number of amides is 1. The van der Waals surface area contributed by atoms with Crippen LogP contribution in [-0.4, -0.2) is 45.7 Å². The highest BCUT2D eigenvalue weighted by Crippen LogP contribution is 2.32. The van der Waals surface area contributed by atoms with Crippen molar-refractivity contribution in [2.24, 2.45) is 5.92 Å². The summed E-state index contributed by atoms with van der Waals surface area (Å²) in [6.45, 7) is 1.98. The van der Waals surface area contributed by atoms with Crippen LogP contribution in [0.1, 0.15) is 18.4 Å². The van der Waals surface area contributed by atoms with E-state index in [0.717, 1.165) is 30.6 Å². The van der Waals surface area contributed by atoms with Crippen molar-refractivity contribution >= 4 is 11.7 Å². The van der Waals surface area contributed by atoms with Crippen LogP contribution in [0.15, 0.2) is 71.6 Å². The van der Waals surface area contributed by atoms with E-state index in [0.29, 0.717) is 42.5 Å². The molecule has 3 aromatic heterocycles. The zero-order valence-electron chi connectivity index (χ0n) is 19.1. The molecule has 9 heteroatoms. The number of nitrogens with one attached hydrogen (secondary N) is 1. The number of rotatable bonds is 7. The second kappa shape index (κ2) is 10.4. The number of anilines is 1. The topological polar surface area (TPSA) is 97.0 Å². The minimum absolute atomic E-state index is 0.0321. The van der Waals surface area contributed by atoms with Crippen LogP contribution in [0.4, 0.5) is 10.2 Å². The normalized spacial score (nSPS) is 14.1. The SMILES string of the molecule is O=C(NCCc1cccnc1)C1CCN(c2ncccc2-c2nc(-c3cccc(F)c3)no2)CC1. The van der Waals surface area contributed by atoms with E-state index in [1.807, 2.05) is 30.5 Å². The van der Waals surface area contributed by atoms with Crippen LogP contribution in [0.5, 0.6) is 0 Å². The summed E-state index contributed by atoms with van der Waals surface area (Å²) in [6, 6.07) is 13.7. The number of piperidine rings is 1. The van der Waals surface area contributed by atoms with Crippen LogP contribution in [0.25, 0.3) is 22.8 Å². The standard InChI is InChI=1S/C26H25FN6O2/c27-21-6-1-5-20(16-21)23-31-26(35-32-23)22-7-3-12-29-24(22)33-14-9-19(10-15-33)25(34)30-13-8-18-4-2-11-28-17-18/h1-7,11-12,16-17,19H,8-10,13-15H2,(H,30,34). The lowest BCUT2D eigenvalue weighted by Crippen LogP contribution is -2.41. The van der Waals surface area contributed by atoms with E-state index in [-0.39, 0.29) is 17.6 Å². The lowest BCUT2D eigenvalue weighted by atomic mass is 9.95. The summed E-state index contributed by atoms with van der Waals surface area (Å²) >= 11 is 0. The fourth-order valence-electron chi connectivity index (χ4n) is 4.27. The van der Waals surface area contributed by atoms with Crippen LogP contribution >= 0.6 is 0 Å². The van der Waals surface area contributed by atoms with E-state index in [1.165, 1.54) is 12.1 Å². The highest BCUT2D eigenvalue weighted by molar-refractivity contribution is 5.79. The van der Waals surface area contributed by atoms with E-state index >= 15 is 0 Å². The van der Waals surface area contributed by atoms with Gasteiger partial charge in [-0.05, 0) is 55.2 Å². The Hall–Kier alpha value is -4.14. The van der Waals surface area contributed by atoms with Gasteiger partial charge in [-0.1, -0.05) is 23.4 Å². The largest absolute Gasteiger partial charge is 0.356 e. The maximum Gasteiger partial charge on any atom is 0.261 e. The molecule has 0 bridgehead atoms. The number of carbonyl (C=O) groups is 1. The molecular formula is C26H25FN6O2. The van der Waals surface area contributed by atoms with Crippen LogP contribution in [-0.2, 0) is 11.2 Å². The minimum atomic E-state index is -0.361. The molecule has 0 atom stereocenters. The average Bonchev–Trinajstić information content (AvgIpc) is 3.40. The molecule has 0 unspecified atom stereocenters. The third-order valence-corrected chi connectivity index (χ3v) is 6.13. The molecular weight excluding hydrogens is 447 g/mol. The predicted molar refractivity (Wildman–Crippen MR) is 129 cm³/mol. The molecule has 1 N–H and O–H groups in total. The molecule has 1 aliphatic rings. The van der Waals surface area contributed by atoms with Crippen molar-refractivity contribution < 1.29 is 13.7 Å². The smallest absolute Gasteiger partial charge is 0.261 e. The second-order valence-corrected chi connectivity index (χ2v) is 8.47. The highest BCUT2D eigenvalue weighted by atomic mass is 19.1. The lowest BCUT2D eigenvalue weighted by molar-refractivity contribution is -0.125. The van der Waals surface area contributed by atoms with Gasteiger partial charge in [0.1, 0.15) is 11.6 Å². The Morgan fingerprint density at radius 2 is 1.97 bits per heavy atom. The first-order valence-corrected chi connectivity index (χ1v) is 11.6. The fraction of sp³-hybridized carbons (Fsp3) is 0.269. The summed E-state index contributed by atoms with van der Waals surface area (Å²) in [6.07, 6.45) is 7.50. The zero-order valence-corrected chi connectivity index (χ0v) is 19.1. The number of halogens is 1. The second-order valence-electron chi connectivity index (χ2n) is 8.47. The predicted octanol–water partition coefficient (Wildman–Crippen LogP) is 3.91. The fourth-order valence-corrected chi connectivity index (χ4v) is 4.27. The number of benzene rings is 1. The molecule has 4 heterocycles. The van der Waals surface area contributed by atoms with Crippen LogP contribution in [0, 0.1) is 11.7 Å². The molecule has 5 rings (SSSR count). The van der Waals surface area contributed by atoms with E-state index in [4.69, 9.17) is 4.52 Å². The van der Waals surface area contributed by atoms with Gasteiger partial charge in [-0.3, -0.25) is 9.78 Å². The van der Waals surface area contributed by atoms with Crippen molar-refractivity contribution in [1.82, 2.24) is 25.4 Å². The third kappa shape index (κ3) is 5.34. The summed E-state index contributed by atoms with van der Waals surface area (Å²) in [5.41, 5.74) is 2.36.